The van der Waals surface area contributed by atoms with Crippen molar-refractivity contribution < 1.29 is 26.5 Å². The van der Waals surface area contributed by atoms with Crippen LogP contribution in [0.1, 0.15) is 6.42 Å². The van der Waals surface area contributed by atoms with Crippen LogP contribution in [-0.2, 0) is 10.0 Å². The molecule has 2 atom stereocenters. The maximum absolute atomic E-state index is 12.7. The summed E-state index contributed by atoms with van der Waals surface area (Å²) < 4.78 is 63.9. The summed E-state index contributed by atoms with van der Waals surface area (Å²) in [5, 5.41) is 10.6. The summed E-state index contributed by atoms with van der Waals surface area (Å²) in [5.41, 5.74) is 5.20. The van der Waals surface area contributed by atoms with Crippen molar-refractivity contribution >= 4 is 15.7 Å². The summed E-state index contributed by atoms with van der Waals surface area (Å²) in [6.45, 7) is -0.763. The molecule has 0 aliphatic carbocycles. The Balaban J connectivity index is 2.19. The highest BCUT2D eigenvalue weighted by molar-refractivity contribution is 7.89. The van der Waals surface area contributed by atoms with Gasteiger partial charge in [-0.15, -0.1) is 0 Å². The van der Waals surface area contributed by atoms with Crippen molar-refractivity contribution in [3.63, 3.8) is 0 Å². The van der Waals surface area contributed by atoms with Crippen molar-refractivity contribution in [1.29, 1.82) is 0 Å². The van der Waals surface area contributed by atoms with Crippen LogP contribution < -0.4 is 5.73 Å². The minimum absolute atomic E-state index is 0.222. The number of non-ortho nitro benzene ring substituents is 1. The standard InChI is InChI=1S/C12H14F3N3O4S/c13-12(14,15)10-5-6-17(7-11(10)16)23(21,22)9-3-1-8(2-4-9)18(19)20/h1-4,10-11H,5-7,16H2. The lowest BCUT2D eigenvalue weighted by atomic mass is 9.93. The third-order valence-corrected chi connectivity index (χ3v) is 5.61. The molecule has 1 heterocycles. The molecule has 0 bridgehead atoms. The number of nitro benzene ring substituents is 1. The number of nitrogens with two attached hydrogens (primary N) is 1. The molecule has 0 spiro atoms. The normalized spacial score (nSPS) is 23.7. The van der Waals surface area contributed by atoms with Crippen LogP contribution in [0.3, 0.4) is 0 Å². The fourth-order valence-electron chi connectivity index (χ4n) is 2.46. The number of hydrogen-bond donors (Lipinski definition) is 1. The molecule has 2 unspecified atom stereocenters. The van der Waals surface area contributed by atoms with Crippen molar-refractivity contribution in [3.05, 3.63) is 34.4 Å². The highest BCUT2D eigenvalue weighted by Gasteiger charge is 2.47. The maximum atomic E-state index is 12.7. The van der Waals surface area contributed by atoms with Crippen LogP contribution in [-0.4, -0.2) is 43.0 Å². The molecule has 0 radical (unpaired) electrons. The Hall–Kier alpha value is -1.72. The largest absolute Gasteiger partial charge is 0.393 e. The molecule has 1 aromatic carbocycles. The van der Waals surface area contributed by atoms with Gasteiger partial charge in [-0.3, -0.25) is 10.1 Å². The van der Waals surface area contributed by atoms with E-state index in [0.29, 0.717) is 0 Å². The summed E-state index contributed by atoms with van der Waals surface area (Å²) in [4.78, 5) is 9.66. The Bertz CT molecular complexity index is 690. The number of nitro groups is 1. The second kappa shape index (κ2) is 6.06. The molecule has 2 N–H and O–H groups in total. The highest BCUT2D eigenvalue weighted by Crippen LogP contribution is 2.35. The molecule has 128 valence electrons. The zero-order valence-electron chi connectivity index (χ0n) is 11.7. The molecule has 7 nitrogen and oxygen atoms in total. The maximum Gasteiger partial charge on any atom is 0.393 e. The van der Waals surface area contributed by atoms with E-state index < -0.39 is 46.0 Å². The zero-order valence-corrected chi connectivity index (χ0v) is 12.5. The average Bonchev–Trinajstić information content (AvgIpc) is 2.45. The number of rotatable bonds is 3. The van der Waals surface area contributed by atoms with E-state index in [9.17, 15) is 31.7 Å². The number of piperidine rings is 1. The van der Waals surface area contributed by atoms with E-state index in [2.05, 4.69) is 0 Å². The topological polar surface area (TPSA) is 107 Å². The van der Waals surface area contributed by atoms with E-state index >= 15 is 0 Å². The van der Waals surface area contributed by atoms with E-state index in [-0.39, 0.29) is 17.1 Å². The number of hydrogen-bond acceptors (Lipinski definition) is 5. The Morgan fingerprint density at radius 1 is 1.26 bits per heavy atom. The first-order valence-electron chi connectivity index (χ1n) is 6.60. The van der Waals surface area contributed by atoms with Gasteiger partial charge < -0.3 is 5.73 Å². The van der Waals surface area contributed by atoms with Crippen molar-refractivity contribution in [2.75, 3.05) is 13.1 Å². The highest BCUT2D eigenvalue weighted by atomic mass is 32.2. The number of alkyl halides is 3. The zero-order chi connectivity index (χ0) is 17.4. The summed E-state index contributed by atoms with van der Waals surface area (Å²) >= 11 is 0. The fraction of sp³-hybridized carbons (Fsp3) is 0.500. The van der Waals surface area contributed by atoms with Gasteiger partial charge in [-0.2, -0.15) is 17.5 Å². The first-order chi connectivity index (χ1) is 10.5. The van der Waals surface area contributed by atoms with Crippen LogP contribution in [0, 0.1) is 16.0 Å². The van der Waals surface area contributed by atoms with Gasteiger partial charge in [0.1, 0.15) is 0 Å². The van der Waals surface area contributed by atoms with E-state index in [1.54, 1.807) is 0 Å². The fourth-order valence-corrected chi connectivity index (χ4v) is 3.96. The van der Waals surface area contributed by atoms with Gasteiger partial charge in [0.25, 0.3) is 5.69 Å². The molecule has 0 amide bonds. The molecule has 23 heavy (non-hydrogen) atoms. The third kappa shape index (κ3) is 3.62. The Morgan fingerprint density at radius 3 is 2.26 bits per heavy atom. The van der Waals surface area contributed by atoms with E-state index in [1.165, 1.54) is 0 Å². The van der Waals surface area contributed by atoms with Gasteiger partial charge in [-0.05, 0) is 18.6 Å². The first kappa shape index (κ1) is 17.6. The van der Waals surface area contributed by atoms with Crippen LogP contribution >= 0.6 is 0 Å². The van der Waals surface area contributed by atoms with Crippen LogP contribution in [0.5, 0.6) is 0 Å². The summed E-state index contributed by atoms with van der Waals surface area (Å²) in [5.74, 6) is -1.74. The predicted octanol–water partition coefficient (Wildman–Crippen LogP) is 1.50. The van der Waals surface area contributed by atoms with E-state index in [0.717, 1.165) is 28.6 Å². The summed E-state index contributed by atoms with van der Waals surface area (Å²) in [6, 6.07) is 2.80. The van der Waals surface area contributed by atoms with Crippen molar-refractivity contribution in [2.24, 2.45) is 11.7 Å². The second-order valence-electron chi connectivity index (χ2n) is 5.21. The molecule has 11 heteroatoms. The molecule has 1 aliphatic heterocycles. The monoisotopic (exact) mass is 353 g/mol. The molecule has 1 aliphatic rings. The van der Waals surface area contributed by atoms with Crippen LogP contribution in [0.25, 0.3) is 0 Å². The molecule has 1 saturated heterocycles. The van der Waals surface area contributed by atoms with Gasteiger partial charge in [0.15, 0.2) is 0 Å². The third-order valence-electron chi connectivity index (χ3n) is 3.73. The first-order valence-corrected chi connectivity index (χ1v) is 8.04. The predicted molar refractivity (Wildman–Crippen MR) is 74.0 cm³/mol. The quantitative estimate of drug-likeness (QED) is 0.654. The lowest BCUT2D eigenvalue weighted by molar-refractivity contribution is -0.384. The lowest BCUT2D eigenvalue weighted by Gasteiger charge is -2.36. The van der Waals surface area contributed by atoms with Gasteiger partial charge in [0.2, 0.25) is 10.0 Å². The summed E-state index contributed by atoms with van der Waals surface area (Å²) in [6.07, 6.45) is -4.89. The Kier molecular flexibility index (Phi) is 4.64. The number of nitrogens with zero attached hydrogens (tertiary/aromatic N) is 2. The Morgan fingerprint density at radius 2 is 1.83 bits per heavy atom. The minimum atomic E-state index is -4.47. The number of benzene rings is 1. The summed E-state index contributed by atoms with van der Waals surface area (Å²) in [7, 11) is -4.04. The van der Waals surface area contributed by atoms with Crippen molar-refractivity contribution in [2.45, 2.75) is 23.5 Å². The molecule has 1 aromatic rings. The van der Waals surface area contributed by atoms with Crippen molar-refractivity contribution in [3.8, 4) is 0 Å². The van der Waals surface area contributed by atoms with Crippen LogP contribution in [0.4, 0.5) is 18.9 Å². The van der Waals surface area contributed by atoms with Crippen LogP contribution in [0.2, 0.25) is 0 Å². The molecular weight excluding hydrogens is 339 g/mol. The second-order valence-corrected chi connectivity index (χ2v) is 7.15. The van der Waals surface area contributed by atoms with Gasteiger partial charge in [-0.25, -0.2) is 8.42 Å². The van der Waals surface area contributed by atoms with Crippen LogP contribution in [0.15, 0.2) is 29.2 Å². The SMILES string of the molecule is NC1CN(S(=O)(=O)c2ccc([N+](=O)[O-])cc2)CCC1C(F)(F)F. The molecule has 0 saturated carbocycles. The molecular formula is C12H14F3N3O4S. The average molecular weight is 353 g/mol. The molecule has 0 aromatic heterocycles. The molecule has 2 rings (SSSR count). The smallest absolute Gasteiger partial charge is 0.326 e. The van der Waals surface area contributed by atoms with Gasteiger partial charge in [0, 0.05) is 31.3 Å². The Labute approximate surface area is 130 Å². The van der Waals surface area contributed by atoms with Gasteiger partial charge in [-0.1, -0.05) is 0 Å². The lowest BCUT2D eigenvalue weighted by Crippen LogP contribution is -2.54. The van der Waals surface area contributed by atoms with E-state index in [1.807, 2.05) is 0 Å². The van der Waals surface area contributed by atoms with Gasteiger partial charge >= 0.3 is 6.18 Å². The van der Waals surface area contributed by atoms with Gasteiger partial charge in [0.05, 0.1) is 15.7 Å². The molecule has 1 fully saturated rings. The number of sulfonamides is 1. The van der Waals surface area contributed by atoms with Crippen molar-refractivity contribution in [1.82, 2.24) is 4.31 Å². The number of halogens is 3. The minimum Gasteiger partial charge on any atom is -0.326 e. The van der Waals surface area contributed by atoms with E-state index in [4.69, 9.17) is 5.73 Å².